The van der Waals surface area contributed by atoms with E-state index in [-0.39, 0.29) is 0 Å². The predicted molar refractivity (Wildman–Crippen MR) is 111 cm³/mol. The average Bonchev–Trinajstić information content (AvgIpc) is 2.66. The van der Waals surface area contributed by atoms with E-state index in [4.69, 9.17) is 0 Å². The number of rotatable bonds is 3. The lowest BCUT2D eigenvalue weighted by Gasteiger charge is -2.12. The molecule has 0 N–H and O–H groups in total. The van der Waals surface area contributed by atoms with Crippen molar-refractivity contribution in [1.82, 2.24) is 0 Å². The summed E-state index contributed by atoms with van der Waals surface area (Å²) in [6.07, 6.45) is 3.36. The van der Waals surface area contributed by atoms with Gasteiger partial charge in [0.15, 0.2) is 0 Å². The Kier molecular flexibility index (Phi) is 17.9. The van der Waals surface area contributed by atoms with Gasteiger partial charge in [-0.05, 0) is 29.5 Å². The van der Waals surface area contributed by atoms with Gasteiger partial charge in [0.2, 0.25) is 0 Å². The van der Waals surface area contributed by atoms with Crippen molar-refractivity contribution in [3.05, 3.63) is 65.7 Å². The van der Waals surface area contributed by atoms with Crippen LogP contribution in [0.2, 0.25) is 0 Å². The van der Waals surface area contributed by atoms with Crippen LogP contribution in [0.15, 0.2) is 59.5 Å². The number of benzene rings is 2. The van der Waals surface area contributed by atoms with E-state index >= 15 is 0 Å². The zero-order chi connectivity index (χ0) is 18.1. The summed E-state index contributed by atoms with van der Waals surface area (Å²) in [5.41, 5.74) is 2.75. The highest BCUT2D eigenvalue weighted by Crippen LogP contribution is 2.25. The maximum atomic E-state index is 2.25. The molecule has 2 aromatic carbocycles. The van der Waals surface area contributed by atoms with Crippen molar-refractivity contribution in [3.63, 3.8) is 0 Å². The molecule has 0 saturated carbocycles. The maximum Gasteiger partial charge on any atom is 0.00693 e. The highest BCUT2D eigenvalue weighted by Gasteiger charge is 2.07. The fraction of sp³-hybridized carbons (Fsp3) is 0.455. The molecule has 1 unspecified atom stereocenters. The molecule has 23 heavy (non-hydrogen) atoms. The second-order valence-electron chi connectivity index (χ2n) is 4.61. The van der Waals surface area contributed by atoms with Crippen molar-refractivity contribution in [3.8, 4) is 0 Å². The first-order chi connectivity index (χ1) is 11.2. The molecule has 0 bridgehead atoms. The normalized spacial score (nSPS) is 9.91. The van der Waals surface area contributed by atoms with E-state index in [0.29, 0.717) is 5.92 Å². The fourth-order valence-corrected chi connectivity index (χ4v) is 2.23. The van der Waals surface area contributed by atoms with Crippen molar-refractivity contribution in [2.45, 2.75) is 65.7 Å². The molecule has 0 fully saturated rings. The van der Waals surface area contributed by atoms with Crippen molar-refractivity contribution in [1.29, 1.82) is 0 Å². The molecule has 0 heterocycles. The molecule has 0 aliphatic heterocycles. The highest BCUT2D eigenvalue weighted by atomic mass is 32.2. The van der Waals surface area contributed by atoms with Crippen molar-refractivity contribution in [2.75, 3.05) is 6.26 Å². The van der Waals surface area contributed by atoms with Crippen LogP contribution in [0.4, 0.5) is 0 Å². The quantitative estimate of drug-likeness (QED) is 0.512. The van der Waals surface area contributed by atoms with E-state index in [1.807, 2.05) is 27.7 Å². The lowest BCUT2D eigenvalue weighted by Crippen LogP contribution is -1.95. The Bertz CT molecular complexity index is 445. The minimum atomic E-state index is 0.470. The Hall–Kier alpha value is -1.21. The van der Waals surface area contributed by atoms with Gasteiger partial charge in [0.1, 0.15) is 0 Å². The van der Waals surface area contributed by atoms with Crippen LogP contribution in [0.1, 0.15) is 71.9 Å². The second kappa shape index (κ2) is 17.1. The summed E-state index contributed by atoms with van der Waals surface area (Å²) in [7, 11) is 0. The first kappa shape index (κ1) is 24.0. The molecule has 130 valence electrons. The minimum Gasteiger partial charge on any atom is -0.130 e. The van der Waals surface area contributed by atoms with Gasteiger partial charge in [-0.2, -0.15) is 0 Å². The Morgan fingerprint density at radius 1 is 0.739 bits per heavy atom. The summed E-state index contributed by atoms with van der Waals surface area (Å²) in [6, 6.07) is 19.5. The third kappa shape index (κ3) is 10.2. The third-order valence-electron chi connectivity index (χ3n) is 2.92. The largest absolute Gasteiger partial charge is 0.130 e. The molecule has 2 aromatic rings. The summed E-state index contributed by atoms with van der Waals surface area (Å²) in [4.78, 5) is 1.32. The van der Waals surface area contributed by atoms with Crippen LogP contribution in [0, 0.1) is 0 Å². The molecule has 0 amide bonds. The summed E-state index contributed by atoms with van der Waals surface area (Å²) in [5, 5.41) is 0. The van der Waals surface area contributed by atoms with Gasteiger partial charge in [-0.1, -0.05) is 97.4 Å². The lowest BCUT2D eigenvalue weighted by atomic mass is 9.93. The van der Waals surface area contributed by atoms with Crippen molar-refractivity contribution < 1.29 is 0 Å². The minimum absolute atomic E-state index is 0.470. The molecular weight excluding hydrogens is 296 g/mol. The van der Waals surface area contributed by atoms with Gasteiger partial charge in [-0.3, -0.25) is 0 Å². The van der Waals surface area contributed by atoms with E-state index in [1.54, 1.807) is 11.8 Å². The Balaban J connectivity index is 0. The first-order valence-electron chi connectivity index (χ1n) is 8.91. The Morgan fingerprint density at radius 3 is 1.52 bits per heavy atom. The van der Waals surface area contributed by atoms with Crippen LogP contribution in [-0.4, -0.2) is 6.26 Å². The van der Waals surface area contributed by atoms with Crippen LogP contribution in [0.3, 0.4) is 0 Å². The molecule has 0 spiro atoms. The maximum absolute atomic E-state index is 2.25. The SMILES string of the molecule is CC.CC.CCC.CSc1ccc(C(C)c2ccccc2)cc1. The summed E-state index contributed by atoms with van der Waals surface area (Å²) in [6.45, 7) is 14.5. The van der Waals surface area contributed by atoms with Gasteiger partial charge in [-0.25, -0.2) is 0 Å². The van der Waals surface area contributed by atoms with Gasteiger partial charge in [0, 0.05) is 10.8 Å². The fourth-order valence-electron chi connectivity index (χ4n) is 1.83. The van der Waals surface area contributed by atoms with Gasteiger partial charge < -0.3 is 0 Å². The average molecular weight is 333 g/mol. The van der Waals surface area contributed by atoms with Crippen LogP contribution < -0.4 is 0 Å². The van der Waals surface area contributed by atoms with Crippen LogP contribution in [0.5, 0.6) is 0 Å². The number of hydrogen-bond acceptors (Lipinski definition) is 1. The molecule has 0 aromatic heterocycles. The highest BCUT2D eigenvalue weighted by molar-refractivity contribution is 7.98. The standard InChI is InChI=1S/C15H16S.C3H8.2C2H6/c1-12(13-6-4-3-5-7-13)14-8-10-15(16-2)11-9-14;1-3-2;2*1-2/h3-12H,1-2H3;3H2,1-2H3;2*1-2H3. The molecule has 0 aliphatic carbocycles. The topological polar surface area (TPSA) is 0 Å². The number of thioether (sulfide) groups is 1. The molecule has 1 heteroatoms. The van der Waals surface area contributed by atoms with E-state index in [2.05, 4.69) is 81.6 Å². The van der Waals surface area contributed by atoms with E-state index < -0.39 is 0 Å². The summed E-state index contributed by atoms with van der Waals surface area (Å²) >= 11 is 1.79. The van der Waals surface area contributed by atoms with Crippen molar-refractivity contribution in [2.24, 2.45) is 0 Å². The second-order valence-corrected chi connectivity index (χ2v) is 5.49. The molecule has 1 atom stereocenters. The zero-order valence-electron chi connectivity index (χ0n) is 16.4. The molecule has 0 aliphatic rings. The van der Waals surface area contributed by atoms with Crippen LogP contribution >= 0.6 is 11.8 Å². The molecular formula is C22H36S. The third-order valence-corrected chi connectivity index (χ3v) is 3.66. The number of hydrogen-bond donors (Lipinski definition) is 0. The van der Waals surface area contributed by atoms with Gasteiger partial charge in [0.25, 0.3) is 0 Å². The summed E-state index contributed by atoms with van der Waals surface area (Å²) in [5.74, 6) is 0.470. The van der Waals surface area contributed by atoms with E-state index in [1.165, 1.54) is 22.4 Å². The predicted octanol–water partition coefficient (Wildman–Crippen LogP) is 8.03. The Labute approximate surface area is 149 Å². The van der Waals surface area contributed by atoms with Gasteiger partial charge >= 0.3 is 0 Å². The first-order valence-corrected chi connectivity index (χ1v) is 10.1. The van der Waals surface area contributed by atoms with Crippen molar-refractivity contribution >= 4 is 11.8 Å². The molecule has 2 rings (SSSR count). The smallest absolute Gasteiger partial charge is 0.00693 e. The van der Waals surface area contributed by atoms with Crippen LogP contribution in [-0.2, 0) is 0 Å². The Morgan fingerprint density at radius 2 is 1.13 bits per heavy atom. The molecule has 0 nitrogen and oxygen atoms in total. The monoisotopic (exact) mass is 332 g/mol. The van der Waals surface area contributed by atoms with Gasteiger partial charge in [-0.15, -0.1) is 11.8 Å². The van der Waals surface area contributed by atoms with Gasteiger partial charge in [0.05, 0.1) is 0 Å². The zero-order valence-corrected chi connectivity index (χ0v) is 17.2. The van der Waals surface area contributed by atoms with Crippen LogP contribution in [0.25, 0.3) is 0 Å². The molecule has 0 saturated heterocycles. The molecule has 0 radical (unpaired) electrons. The lowest BCUT2D eigenvalue weighted by molar-refractivity contribution is 0.920. The summed E-state index contributed by atoms with van der Waals surface area (Å²) < 4.78 is 0. The van der Waals surface area contributed by atoms with E-state index in [0.717, 1.165) is 0 Å². The van der Waals surface area contributed by atoms with E-state index in [9.17, 15) is 0 Å².